The van der Waals surface area contributed by atoms with Crippen LogP contribution in [0.2, 0.25) is 0 Å². The molecule has 2 aromatic carbocycles. The molecule has 0 saturated heterocycles. The van der Waals surface area contributed by atoms with Crippen LogP contribution in [0.25, 0.3) is 0 Å². The van der Waals surface area contributed by atoms with E-state index >= 15 is 0 Å². The van der Waals surface area contributed by atoms with Crippen LogP contribution in [0.4, 0.5) is 11.4 Å². The minimum absolute atomic E-state index is 0.115. The molecule has 0 aliphatic carbocycles. The van der Waals surface area contributed by atoms with E-state index in [9.17, 15) is 14.9 Å². The van der Waals surface area contributed by atoms with Crippen LogP contribution < -0.4 is 4.90 Å². The zero-order chi connectivity index (χ0) is 17.8. The highest BCUT2D eigenvalue weighted by Gasteiger charge is 2.21. The van der Waals surface area contributed by atoms with Crippen molar-refractivity contribution in [2.75, 3.05) is 11.9 Å². The largest absolute Gasteiger partial charge is 0.467 e. The van der Waals surface area contributed by atoms with Gasteiger partial charge in [-0.2, -0.15) is 0 Å². The number of carbonyl (C=O) groups excluding carboxylic acids is 1. The summed E-state index contributed by atoms with van der Waals surface area (Å²) in [5.41, 5.74) is 1.09. The number of benzene rings is 2. The van der Waals surface area contributed by atoms with Gasteiger partial charge in [0, 0.05) is 24.2 Å². The molecule has 3 rings (SSSR count). The summed E-state index contributed by atoms with van der Waals surface area (Å²) in [6.07, 6.45) is 1.55. The number of hydrogen-bond donors (Lipinski definition) is 0. The summed E-state index contributed by atoms with van der Waals surface area (Å²) in [6, 6.07) is 16.8. The van der Waals surface area contributed by atoms with Crippen molar-refractivity contribution >= 4 is 17.2 Å². The molecule has 0 N–H and O–H groups in total. The van der Waals surface area contributed by atoms with Crippen molar-refractivity contribution in [3.8, 4) is 0 Å². The second kappa shape index (κ2) is 7.00. The Morgan fingerprint density at radius 3 is 2.48 bits per heavy atom. The number of anilines is 1. The Hall–Kier alpha value is -3.41. The van der Waals surface area contributed by atoms with E-state index in [2.05, 4.69) is 0 Å². The van der Waals surface area contributed by atoms with Crippen LogP contribution in [0, 0.1) is 10.1 Å². The molecule has 3 aromatic rings. The van der Waals surface area contributed by atoms with Crippen LogP contribution in [0.1, 0.15) is 21.7 Å². The summed E-state index contributed by atoms with van der Waals surface area (Å²) in [7, 11) is 1.74. The van der Waals surface area contributed by atoms with Gasteiger partial charge in [-0.3, -0.25) is 14.9 Å². The van der Waals surface area contributed by atoms with Gasteiger partial charge in [-0.1, -0.05) is 30.3 Å². The highest BCUT2D eigenvalue weighted by Crippen LogP contribution is 2.30. The molecule has 0 fully saturated rings. The van der Waals surface area contributed by atoms with Gasteiger partial charge in [-0.25, -0.2) is 0 Å². The van der Waals surface area contributed by atoms with E-state index in [1.165, 1.54) is 6.07 Å². The number of furan rings is 1. The Bertz CT molecular complexity index is 889. The van der Waals surface area contributed by atoms with Gasteiger partial charge in [-0.05, 0) is 24.3 Å². The van der Waals surface area contributed by atoms with Crippen LogP contribution in [-0.2, 0) is 6.54 Å². The van der Waals surface area contributed by atoms with Gasteiger partial charge in [0.1, 0.15) is 11.4 Å². The molecule has 0 saturated carbocycles. The zero-order valence-electron chi connectivity index (χ0n) is 13.6. The lowest BCUT2D eigenvalue weighted by molar-refractivity contribution is -0.384. The maximum atomic E-state index is 12.5. The molecule has 0 radical (unpaired) electrons. The smallest absolute Gasteiger partial charge is 0.293 e. The zero-order valence-corrected chi connectivity index (χ0v) is 13.6. The van der Waals surface area contributed by atoms with Gasteiger partial charge in [0.25, 0.3) is 5.69 Å². The number of hydrogen-bond acceptors (Lipinski definition) is 5. The highest BCUT2D eigenvalue weighted by atomic mass is 16.6. The number of ketones is 1. The predicted octanol–water partition coefficient (Wildman–Crippen LogP) is 4.06. The summed E-state index contributed by atoms with van der Waals surface area (Å²) in [4.78, 5) is 25.2. The molecule has 0 aliphatic rings. The van der Waals surface area contributed by atoms with E-state index in [4.69, 9.17) is 4.42 Å². The van der Waals surface area contributed by atoms with Gasteiger partial charge in [-0.15, -0.1) is 0 Å². The molecule has 126 valence electrons. The lowest BCUT2D eigenvalue weighted by atomic mass is 10.0. The number of rotatable bonds is 6. The Morgan fingerprint density at radius 2 is 1.84 bits per heavy atom. The molecule has 0 amide bonds. The molecular weight excluding hydrogens is 320 g/mol. The van der Waals surface area contributed by atoms with Crippen LogP contribution in [0.15, 0.2) is 71.3 Å². The van der Waals surface area contributed by atoms with E-state index < -0.39 is 4.92 Å². The topological polar surface area (TPSA) is 76.6 Å². The van der Waals surface area contributed by atoms with Crippen LogP contribution in [0.3, 0.4) is 0 Å². The third kappa shape index (κ3) is 3.58. The molecular formula is C19H16N2O4. The maximum Gasteiger partial charge on any atom is 0.293 e. The highest BCUT2D eigenvalue weighted by molar-refractivity contribution is 6.09. The van der Waals surface area contributed by atoms with Crippen molar-refractivity contribution in [3.63, 3.8) is 0 Å². The molecule has 0 atom stereocenters. The standard InChI is InChI=1S/C19H16N2O4/c1-20(13-16-8-5-11-25-16)17-10-9-15(12-18(17)21(23)24)19(22)14-6-3-2-4-7-14/h2-12H,13H2,1H3. The molecule has 0 spiro atoms. The third-order valence-electron chi connectivity index (χ3n) is 3.85. The van der Waals surface area contributed by atoms with Gasteiger partial charge in [0.2, 0.25) is 0 Å². The van der Waals surface area contributed by atoms with Crippen molar-refractivity contribution < 1.29 is 14.1 Å². The average Bonchev–Trinajstić information content (AvgIpc) is 3.14. The summed E-state index contributed by atoms with van der Waals surface area (Å²) in [5.74, 6) is 0.449. The molecule has 0 bridgehead atoms. The first-order chi connectivity index (χ1) is 12.1. The number of nitro benzene ring substituents is 1. The molecule has 1 heterocycles. The van der Waals surface area contributed by atoms with Crippen molar-refractivity contribution in [1.29, 1.82) is 0 Å². The van der Waals surface area contributed by atoms with Crippen molar-refractivity contribution in [1.82, 2.24) is 0 Å². The maximum absolute atomic E-state index is 12.5. The Kier molecular flexibility index (Phi) is 4.61. The first-order valence-electron chi connectivity index (χ1n) is 7.68. The average molecular weight is 336 g/mol. The monoisotopic (exact) mass is 336 g/mol. The normalized spacial score (nSPS) is 10.4. The molecule has 1 aromatic heterocycles. The fourth-order valence-electron chi connectivity index (χ4n) is 2.61. The second-order valence-electron chi connectivity index (χ2n) is 5.59. The Balaban J connectivity index is 1.93. The molecule has 6 nitrogen and oxygen atoms in total. The third-order valence-corrected chi connectivity index (χ3v) is 3.85. The minimum Gasteiger partial charge on any atom is -0.467 e. The molecule has 0 unspecified atom stereocenters. The van der Waals surface area contributed by atoms with Crippen molar-refractivity contribution in [3.05, 3.63) is 93.9 Å². The summed E-state index contributed by atoms with van der Waals surface area (Å²) in [5, 5.41) is 11.5. The van der Waals surface area contributed by atoms with Crippen molar-refractivity contribution in [2.45, 2.75) is 6.54 Å². The van der Waals surface area contributed by atoms with Gasteiger partial charge in [0.05, 0.1) is 17.7 Å². The molecule has 6 heteroatoms. The Labute approximate surface area is 144 Å². The number of nitro groups is 1. The SMILES string of the molecule is CN(Cc1ccco1)c1ccc(C(=O)c2ccccc2)cc1[N+](=O)[O-]. The van der Waals surface area contributed by atoms with Gasteiger partial charge < -0.3 is 9.32 Å². The summed E-state index contributed by atoms with van der Waals surface area (Å²) < 4.78 is 5.28. The van der Waals surface area contributed by atoms with Crippen molar-refractivity contribution in [2.24, 2.45) is 0 Å². The van der Waals surface area contributed by atoms with E-state index in [0.717, 1.165) is 0 Å². The first-order valence-corrected chi connectivity index (χ1v) is 7.68. The molecule has 25 heavy (non-hydrogen) atoms. The quantitative estimate of drug-likeness (QED) is 0.385. The van der Waals surface area contributed by atoms with Crippen LogP contribution >= 0.6 is 0 Å². The fourth-order valence-corrected chi connectivity index (χ4v) is 2.61. The predicted molar refractivity (Wildman–Crippen MR) is 93.8 cm³/mol. The number of carbonyl (C=O) groups is 1. The summed E-state index contributed by atoms with van der Waals surface area (Å²) in [6.45, 7) is 0.389. The van der Waals surface area contributed by atoms with Gasteiger partial charge in [0.15, 0.2) is 5.78 Å². The lowest BCUT2D eigenvalue weighted by Gasteiger charge is -2.18. The van der Waals surface area contributed by atoms with E-state index in [0.29, 0.717) is 23.6 Å². The first kappa shape index (κ1) is 16.4. The van der Waals surface area contributed by atoms with E-state index in [1.807, 2.05) is 6.07 Å². The Morgan fingerprint density at radius 1 is 1.08 bits per heavy atom. The van der Waals surface area contributed by atoms with E-state index in [1.54, 1.807) is 66.7 Å². The summed E-state index contributed by atoms with van der Waals surface area (Å²) >= 11 is 0. The molecule has 0 aliphatic heterocycles. The van der Waals surface area contributed by atoms with Crippen LogP contribution in [-0.4, -0.2) is 17.8 Å². The van der Waals surface area contributed by atoms with Gasteiger partial charge >= 0.3 is 0 Å². The van der Waals surface area contributed by atoms with E-state index in [-0.39, 0.29) is 17.0 Å². The number of nitrogens with zero attached hydrogens (tertiary/aromatic N) is 2. The fraction of sp³-hybridized carbons (Fsp3) is 0.105. The minimum atomic E-state index is -0.476. The van der Waals surface area contributed by atoms with Crippen LogP contribution in [0.5, 0.6) is 0 Å². The second-order valence-corrected chi connectivity index (χ2v) is 5.59. The lowest BCUT2D eigenvalue weighted by Crippen LogP contribution is -2.17.